The summed E-state index contributed by atoms with van der Waals surface area (Å²) in [7, 11) is 0. The number of nitrogens with zero attached hydrogens (tertiary/aromatic N) is 1. The van der Waals surface area contributed by atoms with Crippen molar-refractivity contribution in [3.63, 3.8) is 0 Å². The zero-order valence-corrected chi connectivity index (χ0v) is 11.0. The molecule has 0 radical (unpaired) electrons. The summed E-state index contributed by atoms with van der Waals surface area (Å²) in [5, 5.41) is 10.8. The predicted molar refractivity (Wildman–Crippen MR) is 77.3 cm³/mol. The van der Waals surface area contributed by atoms with E-state index in [-0.39, 0.29) is 18.1 Å². The fourth-order valence-corrected chi connectivity index (χ4v) is 2.21. The Kier molecular flexibility index (Phi) is 3.23. The Hall–Kier alpha value is -2.95. The van der Waals surface area contributed by atoms with Crippen LogP contribution in [-0.2, 0) is 0 Å². The van der Waals surface area contributed by atoms with E-state index in [2.05, 4.69) is 0 Å². The number of hydrogen-bond acceptors (Lipinski definition) is 4. The maximum absolute atomic E-state index is 12.4. The summed E-state index contributed by atoms with van der Waals surface area (Å²) in [6, 6.07) is 13.2. The number of para-hydroxylation sites is 1. The summed E-state index contributed by atoms with van der Waals surface area (Å²) in [5.41, 5.74) is 1.60. The molecule has 0 amide bonds. The molecule has 3 rings (SSSR count). The fourth-order valence-electron chi connectivity index (χ4n) is 2.21. The molecule has 1 aliphatic rings. The topological polar surface area (TPSA) is 69.4 Å². The van der Waals surface area contributed by atoms with E-state index in [1.807, 2.05) is 0 Å². The van der Waals surface area contributed by atoms with Gasteiger partial charge in [-0.2, -0.15) is 0 Å². The number of carbonyl (C=O) groups is 1. The molecule has 0 unspecified atom stereocenters. The highest BCUT2D eigenvalue weighted by molar-refractivity contribution is 6.14. The van der Waals surface area contributed by atoms with Gasteiger partial charge in [-0.1, -0.05) is 24.3 Å². The number of ketones is 1. The van der Waals surface area contributed by atoms with E-state index in [1.165, 1.54) is 12.1 Å². The molecule has 0 bridgehead atoms. The molecule has 0 aliphatic carbocycles. The lowest BCUT2D eigenvalue weighted by Gasteiger charge is -2.18. The molecule has 0 spiro atoms. The number of hydrogen-bond donors (Lipinski definition) is 0. The molecular weight excluding hydrogens is 270 g/mol. The SMILES string of the molecule is O=C1/C(=C/c2cccc([N+](=O)[O-])c2)COc2ccccc21. The molecule has 0 saturated heterocycles. The Morgan fingerprint density at radius 2 is 1.95 bits per heavy atom. The van der Waals surface area contributed by atoms with Crippen molar-refractivity contribution in [1.29, 1.82) is 0 Å². The number of fused-ring (bicyclic) bond motifs is 1. The van der Waals surface area contributed by atoms with Crippen molar-refractivity contribution in [2.24, 2.45) is 0 Å². The minimum atomic E-state index is -0.462. The van der Waals surface area contributed by atoms with Crippen LogP contribution < -0.4 is 4.74 Å². The Labute approximate surface area is 120 Å². The standard InChI is InChI=1S/C16H11NO4/c18-16-12(10-21-15-7-2-1-6-14(15)16)8-11-4-3-5-13(9-11)17(19)20/h1-9H,10H2/b12-8+. The number of non-ortho nitro benzene ring substituents is 1. The van der Waals surface area contributed by atoms with Crippen molar-refractivity contribution in [2.45, 2.75) is 0 Å². The van der Waals surface area contributed by atoms with Crippen LogP contribution in [0.3, 0.4) is 0 Å². The highest BCUT2D eigenvalue weighted by atomic mass is 16.6. The van der Waals surface area contributed by atoms with E-state index < -0.39 is 4.92 Å². The first-order chi connectivity index (χ1) is 10.1. The lowest BCUT2D eigenvalue weighted by atomic mass is 9.98. The number of rotatable bonds is 2. The van der Waals surface area contributed by atoms with Gasteiger partial charge in [0.25, 0.3) is 5.69 Å². The second kappa shape index (κ2) is 5.20. The Morgan fingerprint density at radius 1 is 1.14 bits per heavy atom. The lowest BCUT2D eigenvalue weighted by Crippen LogP contribution is -2.18. The Balaban J connectivity index is 1.97. The van der Waals surface area contributed by atoms with Crippen LogP contribution in [0.25, 0.3) is 6.08 Å². The molecule has 0 N–H and O–H groups in total. The normalized spacial score (nSPS) is 15.4. The average Bonchev–Trinajstić information content (AvgIpc) is 2.51. The van der Waals surface area contributed by atoms with E-state index >= 15 is 0 Å². The zero-order valence-electron chi connectivity index (χ0n) is 11.0. The molecule has 5 heteroatoms. The number of ether oxygens (including phenoxy) is 1. The van der Waals surface area contributed by atoms with E-state index in [4.69, 9.17) is 4.74 Å². The monoisotopic (exact) mass is 281 g/mol. The van der Waals surface area contributed by atoms with Crippen LogP contribution in [0.2, 0.25) is 0 Å². The van der Waals surface area contributed by atoms with Gasteiger partial charge in [-0.25, -0.2) is 0 Å². The molecule has 2 aromatic rings. The molecule has 2 aromatic carbocycles. The van der Waals surface area contributed by atoms with Crippen molar-refractivity contribution in [2.75, 3.05) is 6.61 Å². The molecule has 5 nitrogen and oxygen atoms in total. The van der Waals surface area contributed by atoms with Crippen molar-refractivity contribution in [3.05, 3.63) is 75.3 Å². The molecule has 0 saturated carbocycles. The number of Topliss-reactive ketones (excluding diaryl/α,β-unsaturated/α-hetero) is 1. The molecule has 1 heterocycles. The maximum Gasteiger partial charge on any atom is 0.270 e. The van der Waals surface area contributed by atoms with Gasteiger partial charge in [-0.15, -0.1) is 0 Å². The second-order valence-electron chi connectivity index (χ2n) is 4.64. The molecule has 1 aliphatic heterocycles. The predicted octanol–water partition coefficient (Wildman–Crippen LogP) is 3.25. The van der Waals surface area contributed by atoms with Crippen molar-refractivity contribution in [3.8, 4) is 5.75 Å². The third kappa shape index (κ3) is 2.53. The summed E-state index contributed by atoms with van der Waals surface area (Å²) >= 11 is 0. The van der Waals surface area contributed by atoms with Crippen LogP contribution in [0.15, 0.2) is 54.1 Å². The first-order valence-corrected chi connectivity index (χ1v) is 6.37. The summed E-state index contributed by atoms with van der Waals surface area (Å²) in [5.74, 6) is 0.460. The van der Waals surface area contributed by atoms with Crippen molar-refractivity contribution >= 4 is 17.5 Å². The van der Waals surface area contributed by atoms with Crippen LogP contribution in [0.1, 0.15) is 15.9 Å². The average molecular weight is 281 g/mol. The molecule has 21 heavy (non-hydrogen) atoms. The smallest absolute Gasteiger partial charge is 0.270 e. The van der Waals surface area contributed by atoms with E-state index in [9.17, 15) is 14.9 Å². The minimum absolute atomic E-state index is 0.00562. The minimum Gasteiger partial charge on any atom is -0.488 e. The van der Waals surface area contributed by atoms with E-state index in [0.29, 0.717) is 22.4 Å². The zero-order chi connectivity index (χ0) is 14.8. The van der Waals surface area contributed by atoms with Gasteiger partial charge in [-0.3, -0.25) is 14.9 Å². The fraction of sp³-hybridized carbons (Fsp3) is 0.0625. The highest BCUT2D eigenvalue weighted by Crippen LogP contribution is 2.27. The number of nitro benzene ring substituents is 1. The molecule has 0 aromatic heterocycles. The quantitative estimate of drug-likeness (QED) is 0.481. The maximum atomic E-state index is 12.4. The Morgan fingerprint density at radius 3 is 2.76 bits per heavy atom. The second-order valence-corrected chi connectivity index (χ2v) is 4.64. The summed E-state index contributed by atoms with van der Waals surface area (Å²) in [6.45, 7) is 0.165. The molecule has 104 valence electrons. The van der Waals surface area contributed by atoms with Gasteiger partial charge in [0.2, 0.25) is 0 Å². The van der Waals surface area contributed by atoms with Crippen LogP contribution in [0.5, 0.6) is 5.75 Å². The first-order valence-electron chi connectivity index (χ1n) is 6.37. The van der Waals surface area contributed by atoms with Gasteiger partial charge in [-0.05, 0) is 23.8 Å². The number of carbonyl (C=O) groups excluding carboxylic acids is 1. The lowest BCUT2D eigenvalue weighted by molar-refractivity contribution is -0.384. The Bertz CT molecular complexity index is 764. The third-order valence-corrected chi connectivity index (χ3v) is 3.23. The van der Waals surface area contributed by atoms with Gasteiger partial charge < -0.3 is 4.74 Å². The van der Waals surface area contributed by atoms with Crippen molar-refractivity contribution in [1.82, 2.24) is 0 Å². The van der Waals surface area contributed by atoms with Crippen molar-refractivity contribution < 1.29 is 14.5 Å². The van der Waals surface area contributed by atoms with Gasteiger partial charge in [0.15, 0.2) is 5.78 Å². The van der Waals surface area contributed by atoms with Crippen LogP contribution in [-0.4, -0.2) is 17.3 Å². The molecular formula is C16H11NO4. The van der Waals surface area contributed by atoms with Crippen LogP contribution in [0, 0.1) is 10.1 Å². The van der Waals surface area contributed by atoms with Gasteiger partial charge >= 0.3 is 0 Å². The van der Waals surface area contributed by atoms with E-state index in [1.54, 1.807) is 42.5 Å². The number of nitro groups is 1. The van der Waals surface area contributed by atoms with Crippen LogP contribution in [0.4, 0.5) is 5.69 Å². The molecule has 0 atom stereocenters. The third-order valence-electron chi connectivity index (χ3n) is 3.23. The highest BCUT2D eigenvalue weighted by Gasteiger charge is 2.22. The number of benzene rings is 2. The van der Waals surface area contributed by atoms with Crippen LogP contribution >= 0.6 is 0 Å². The van der Waals surface area contributed by atoms with Gasteiger partial charge in [0.1, 0.15) is 12.4 Å². The van der Waals surface area contributed by atoms with E-state index in [0.717, 1.165) is 0 Å². The molecule has 0 fully saturated rings. The first kappa shape index (κ1) is 13.1. The van der Waals surface area contributed by atoms with Gasteiger partial charge in [0.05, 0.1) is 10.5 Å². The summed E-state index contributed by atoms with van der Waals surface area (Å²) in [6.07, 6.45) is 1.63. The van der Waals surface area contributed by atoms with Gasteiger partial charge in [0, 0.05) is 17.7 Å². The largest absolute Gasteiger partial charge is 0.488 e. The summed E-state index contributed by atoms with van der Waals surface area (Å²) in [4.78, 5) is 22.7. The summed E-state index contributed by atoms with van der Waals surface area (Å²) < 4.78 is 5.53.